The minimum Gasteiger partial charge on any atom is -0.380 e. The summed E-state index contributed by atoms with van der Waals surface area (Å²) < 4.78 is 0. The number of carbonyl (C=O) groups is 1. The molecular formula is C15H17N3O. The van der Waals surface area contributed by atoms with E-state index in [1.807, 2.05) is 29.4 Å². The van der Waals surface area contributed by atoms with Crippen molar-refractivity contribution in [3.05, 3.63) is 36.7 Å². The molecule has 1 amide bonds. The summed E-state index contributed by atoms with van der Waals surface area (Å²) in [6.45, 7) is 3.27. The first kappa shape index (κ1) is 12.0. The Morgan fingerprint density at radius 1 is 1.42 bits per heavy atom. The fourth-order valence-corrected chi connectivity index (χ4v) is 2.63. The maximum atomic E-state index is 11.3. The Bertz CT molecular complexity index is 606. The van der Waals surface area contributed by atoms with Crippen molar-refractivity contribution in [2.75, 3.05) is 18.4 Å². The second kappa shape index (κ2) is 4.88. The van der Waals surface area contributed by atoms with Gasteiger partial charge < -0.3 is 10.2 Å². The highest BCUT2D eigenvalue weighted by Gasteiger charge is 2.24. The number of anilines is 1. The Kier molecular flexibility index (Phi) is 3.07. The predicted octanol–water partition coefficient (Wildman–Crippen LogP) is 2.27. The zero-order valence-corrected chi connectivity index (χ0v) is 11.0. The highest BCUT2D eigenvalue weighted by Crippen LogP contribution is 2.24. The molecule has 1 N–H and O–H groups in total. The molecule has 4 nitrogen and oxygen atoms in total. The zero-order valence-electron chi connectivity index (χ0n) is 11.0. The Balaban J connectivity index is 1.81. The van der Waals surface area contributed by atoms with E-state index in [0.717, 1.165) is 30.6 Å². The quantitative estimate of drug-likeness (QED) is 0.895. The molecule has 1 aromatic carbocycles. The summed E-state index contributed by atoms with van der Waals surface area (Å²) in [5.41, 5.74) is 1.12. The van der Waals surface area contributed by atoms with E-state index >= 15 is 0 Å². The van der Waals surface area contributed by atoms with E-state index in [2.05, 4.69) is 22.4 Å². The number of likely N-dealkylation sites (tertiary alicyclic amines) is 1. The highest BCUT2D eigenvalue weighted by atomic mass is 16.2. The number of nitrogens with zero attached hydrogens (tertiary/aromatic N) is 2. The van der Waals surface area contributed by atoms with Crippen molar-refractivity contribution in [3.63, 3.8) is 0 Å². The second-order valence-corrected chi connectivity index (χ2v) is 5.00. The molecule has 0 aliphatic carbocycles. The fraction of sp³-hybridized carbons (Fsp3) is 0.333. The molecule has 1 unspecified atom stereocenters. The van der Waals surface area contributed by atoms with Crippen molar-refractivity contribution < 1.29 is 4.79 Å². The average Bonchev–Trinajstić information content (AvgIpc) is 2.88. The molecule has 0 radical (unpaired) electrons. The summed E-state index contributed by atoms with van der Waals surface area (Å²) in [5.74, 6) is 0.159. The molecule has 1 atom stereocenters. The van der Waals surface area contributed by atoms with Crippen LogP contribution in [-0.4, -0.2) is 34.9 Å². The van der Waals surface area contributed by atoms with E-state index in [1.165, 1.54) is 5.39 Å². The molecule has 4 heteroatoms. The third-order valence-electron chi connectivity index (χ3n) is 3.67. The largest absolute Gasteiger partial charge is 0.380 e. The van der Waals surface area contributed by atoms with Crippen LogP contribution in [0, 0.1) is 0 Å². The predicted molar refractivity (Wildman–Crippen MR) is 76.0 cm³/mol. The summed E-state index contributed by atoms with van der Waals surface area (Å²) in [6.07, 6.45) is 4.68. The first-order valence-corrected chi connectivity index (χ1v) is 6.59. The molecule has 1 aromatic heterocycles. The summed E-state index contributed by atoms with van der Waals surface area (Å²) in [5, 5.41) is 5.86. The lowest BCUT2D eigenvalue weighted by Gasteiger charge is -2.17. The molecule has 3 rings (SSSR count). The third kappa shape index (κ3) is 2.38. The van der Waals surface area contributed by atoms with E-state index in [4.69, 9.17) is 0 Å². The fourth-order valence-electron chi connectivity index (χ4n) is 2.63. The minimum atomic E-state index is 0.159. The zero-order chi connectivity index (χ0) is 13.2. The number of nitrogens with one attached hydrogen (secondary N) is 1. The number of benzene rings is 1. The van der Waals surface area contributed by atoms with Crippen LogP contribution in [0.3, 0.4) is 0 Å². The molecular weight excluding hydrogens is 238 g/mol. The number of hydrogen-bond acceptors (Lipinski definition) is 3. The Labute approximate surface area is 112 Å². The van der Waals surface area contributed by atoms with Crippen molar-refractivity contribution in [2.45, 2.75) is 19.4 Å². The summed E-state index contributed by atoms with van der Waals surface area (Å²) in [6, 6.07) is 8.53. The lowest BCUT2D eigenvalue weighted by Crippen LogP contribution is -2.29. The number of hydrogen-bond donors (Lipinski definition) is 1. The Hall–Kier alpha value is -2.10. The van der Waals surface area contributed by atoms with E-state index in [1.54, 1.807) is 6.92 Å². The molecule has 2 heterocycles. The monoisotopic (exact) mass is 255 g/mol. The van der Waals surface area contributed by atoms with Crippen LogP contribution < -0.4 is 5.32 Å². The molecule has 1 aliphatic rings. The van der Waals surface area contributed by atoms with Gasteiger partial charge in [-0.1, -0.05) is 12.1 Å². The van der Waals surface area contributed by atoms with Gasteiger partial charge in [-0.3, -0.25) is 9.78 Å². The average molecular weight is 255 g/mol. The van der Waals surface area contributed by atoms with Crippen LogP contribution in [0.15, 0.2) is 36.7 Å². The minimum absolute atomic E-state index is 0.159. The number of fused-ring (bicyclic) bond motifs is 1. The molecule has 1 saturated heterocycles. The van der Waals surface area contributed by atoms with Crippen LogP contribution in [0.4, 0.5) is 5.69 Å². The number of aromatic nitrogens is 1. The SMILES string of the molecule is CC(=O)N1CCC(Nc2cccc3cnccc23)C1. The van der Waals surface area contributed by atoms with Crippen LogP contribution in [0.25, 0.3) is 10.8 Å². The Morgan fingerprint density at radius 3 is 3.11 bits per heavy atom. The number of amides is 1. The summed E-state index contributed by atoms with van der Waals surface area (Å²) in [7, 11) is 0. The number of pyridine rings is 1. The van der Waals surface area contributed by atoms with Crippen molar-refractivity contribution in [3.8, 4) is 0 Å². The smallest absolute Gasteiger partial charge is 0.219 e. The van der Waals surface area contributed by atoms with Crippen molar-refractivity contribution in [1.82, 2.24) is 9.88 Å². The van der Waals surface area contributed by atoms with Gasteiger partial charge in [-0.2, -0.15) is 0 Å². The van der Waals surface area contributed by atoms with E-state index in [0.29, 0.717) is 6.04 Å². The van der Waals surface area contributed by atoms with Crippen LogP contribution in [0.1, 0.15) is 13.3 Å². The summed E-state index contributed by atoms with van der Waals surface area (Å²) in [4.78, 5) is 17.4. The van der Waals surface area contributed by atoms with E-state index in [-0.39, 0.29) is 5.91 Å². The first-order chi connectivity index (χ1) is 9.24. The molecule has 0 bridgehead atoms. The van der Waals surface area contributed by atoms with Gasteiger partial charge in [0.15, 0.2) is 0 Å². The molecule has 2 aromatic rings. The van der Waals surface area contributed by atoms with Gasteiger partial charge in [-0.15, -0.1) is 0 Å². The molecule has 0 spiro atoms. The van der Waals surface area contributed by atoms with Gasteiger partial charge >= 0.3 is 0 Å². The summed E-state index contributed by atoms with van der Waals surface area (Å²) >= 11 is 0. The second-order valence-electron chi connectivity index (χ2n) is 5.00. The van der Waals surface area contributed by atoms with Gasteiger partial charge in [0.25, 0.3) is 0 Å². The highest BCUT2D eigenvalue weighted by molar-refractivity contribution is 5.93. The maximum absolute atomic E-state index is 11.3. The maximum Gasteiger partial charge on any atom is 0.219 e. The van der Waals surface area contributed by atoms with Crippen molar-refractivity contribution >= 4 is 22.4 Å². The lowest BCUT2D eigenvalue weighted by molar-refractivity contribution is -0.127. The van der Waals surface area contributed by atoms with Gasteiger partial charge in [0, 0.05) is 54.9 Å². The van der Waals surface area contributed by atoms with Gasteiger partial charge in [-0.25, -0.2) is 0 Å². The molecule has 1 fully saturated rings. The third-order valence-corrected chi connectivity index (χ3v) is 3.67. The molecule has 1 aliphatic heterocycles. The lowest BCUT2D eigenvalue weighted by atomic mass is 10.1. The van der Waals surface area contributed by atoms with E-state index < -0.39 is 0 Å². The molecule has 19 heavy (non-hydrogen) atoms. The number of rotatable bonds is 2. The van der Waals surface area contributed by atoms with Gasteiger partial charge in [0.2, 0.25) is 5.91 Å². The van der Waals surface area contributed by atoms with Crippen LogP contribution in [-0.2, 0) is 4.79 Å². The first-order valence-electron chi connectivity index (χ1n) is 6.59. The topological polar surface area (TPSA) is 45.2 Å². The van der Waals surface area contributed by atoms with Crippen molar-refractivity contribution in [1.29, 1.82) is 0 Å². The van der Waals surface area contributed by atoms with Gasteiger partial charge in [0.1, 0.15) is 0 Å². The standard InChI is InChI=1S/C15H17N3O/c1-11(19)18-8-6-13(10-18)17-15-4-2-3-12-9-16-7-5-14(12)15/h2-5,7,9,13,17H,6,8,10H2,1H3. The number of carbonyl (C=O) groups excluding carboxylic acids is 1. The van der Waals surface area contributed by atoms with Gasteiger partial charge in [-0.05, 0) is 18.6 Å². The molecule has 0 saturated carbocycles. The van der Waals surface area contributed by atoms with Crippen molar-refractivity contribution in [2.24, 2.45) is 0 Å². The van der Waals surface area contributed by atoms with E-state index in [9.17, 15) is 4.79 Å². The van der Waals surface area contributed by atoms with Crippen LogP contribution in [0.5, 0.6) is 0 Å². The normalized spacial score (nSPS) is 18.8. The Morgan fingerprint density at radius 2 is 2.32 bits per heavy atom. The molecule has 98 valence electrons. The van der Waals surface area contributed by atoms with Crippen LogP contribution in [0.2, 0.25) is 0 Å². The van der Waals surface area contributed by atoms with Crippen LogP contribution >= 0.6 is 0 Å². The van der Waals surface area contributed by atoms with Gasteiger partial charge in [0.05, 0.1) is 0 Å².